The van der Waals surface area contributed by atoms with Gasteiger partial charge in [-0.3, -0.25) is 4.79 Å². The van der Waals surface area contributed by atoms with Crippen molar-refractivity contribution in [1.82, 2.24) is 9.97 Å². The fraction of sp³-hybridized carbons (Fsp3) is 0.267. The summed E-state index contributed by atoms with van der Waals surface area (Å²) in [4.78, 5) is 23.3. The lowest BCUT2D eigenvalue weighted by Crippen LogP contribution is -2.50. The molecule has 0 saturated carbocycles. The van der Waals surface area contributed by atoms with Gasteiger partial charge >= 0.3 is 5.97 Å². The van der Waals surface area contributed by atoms with E-state index in [0.717, 1.165) is 17.3 Å². The van der Waals surface area contributed by atoms with Gasteiger partial charge in [0.05, 0.1) is 5.92 Å². The summed E-state index contributed by atoms with van der Waals surface area (Å²) in [6.07, 6.45) is 1.51. The average Bonchev–Trinajstić information content (AvgIpc) is 2.46. The van der Waals surface area contributed by atoms with Crippen LogP contribution in [0.15, 0.2) is 42.7 Å². The normalized spacial score (nSPS) is 14.6. The Morgan fingerprint density at radius 3 is 2.67 bits per heavy atom. The van der Waals surface area contributed by atoms with Gasteiger partial charge < -0.3 is 14.9 Å². The molecule has 2 heterocycles. The van der Waals surface area contributed by atoms with Crippen LogP contribution in [0.4, 0.5) is 17.3 Å². The third-order valence-corrected chi connectivity index (χ3v) is 3.68. The van der Waals surface area contributed by atoms with Gasteiger partial charge in [0, 0.05) is 31.9 Å². The molecule has 0 radical (unpaired) electrons. The first kappa shape index (κ1) is 13.4. The molecule has 2 aromatic rings. The van der Waals surface area contributed by atoms with E-state index in [4.69, 9.17) is 5.11 Å². The summed E-state index contributed by atoms with van der Waals surface area (Å²) >= 11 is 0. The molecule has 1 fully saturated rings. The average molecular weight is 284 g/mol. The van der Waals surface area contributed by atoms with Crippen molar-refractivity contribution in [3.05, 3.63) is 42.7 Å². The van der Waals surface area contributed by atoms with Crippen LogP contribution in [0.5, 0.6) is 0 Å². The second-order valence-corrected chi connectivity index (χ2v) is 5.07. The van der Waals surface area contributed by atoms with Crippen LogP contribution in [0.2, 0.25) is 0 Å². The predicted octanol–water partition coefficient (Wildman–Crippen LogP) is 1.77. The molecule has 1 N–H and O–H groups in total. The van der Waals surface area contributed by atoms with Gasteiger partial charge in [-0.05, 0) is 12.1 Å². The molecule has 0 bridgehead atoms. The summed E-state index contributed by atoms with van der Waals surface area (Å²) < 4.78 is 0. The zero-order chi connectivity index (χ0) is 14.8. The van der Waals surface area contributed by atoms with Crippen molar-refractivity contribution in [3.63, 3.8) is 0 Å². The zero-order valence-electron chi connectivity index (χ0n) is 11.7. The minimum absolute atomic E-state index is 0.296. The molecule has 0 spiro atoms. The van der Waals surface area contributed by atoms with Crippen LogP contribution in [0.3, 0.4) is 0 Å². The maximum atomic E-state index is 10.9. The van der Waals surface area contributed by atoms with Crippen molar-refractivity contribution in [2.24, 2.45) is 5.92 Å². The molecule has 0 unspecified atom stereocenters. The molecule has 108 valence electrons. The van der Waals surface area contributed by atoms with Gasteiger partial charge in [-0.25, -0.2) is 9.97 Å². The standard InChI is InChI=1S/C15H16N4O2/c1-18(12-5-3-2-4-6-12)13-7-14(17-10-16-13)19-8-11(9-19)15(20)21/h2-7,10-11H,8-9H2,1H3,(H,20,21). The molecule has 6 heteroatoms. The number of carboxylic acid groups (broad SMARTS) is 1. The van der Waals surface area contributed by atoms with E-state index in [2.05, 4.69) is 9.97 Å². The maximum absolute atomic E-state index is 10.9. The van der Waals surface area contributed by atoms with Gasteiger partial charge in [0.15, 0.2) is 0 Å². The number of nitrogens with zero attached hydrogens (tertiary/aromatic N) is 4. The Hall–Kier alpha value is -2.63. The maximum Gasteiger partial charge on any atom is 0.310 e. The molecule has 1 aliphatic heterocycles. The number of carboxylic acids is 1. The third-order valence-electron chi connectivity index (χ3n) is 3.68. The van der Waals surface area contributed by atoms with Gasteiger partial charge in [0.1, 0.15) is 18.0 Å². The fourth-order valence-electron chi connectivity index (χ4n) is 2.30. The van der Waals surface area contributed by atoms with Crippen LogP contribution < -0.4 is 9.80 Å². The molecule has 1 aromatic heterocycles. The Balaban J connectivity index is 1.77. The monoisotopic (exact) mass is 284 g/mol. The topological polar surface area (TPSA) is 69.6 Å². The summed E-state index contributed by atoms with van der Waals surface area (Å²) in [6, 6.07) is 11.8. The number of para-hydroxylation sites is 1. The van der Waals surface area contributed by atoms with E-state index in [1.165, 1.54) is 6.33 Å². The van der Waals surface area contributed by atoms with Crippen LogP contribution in [-0.2, 0) is 4.79 Å². The van der Waals surface area contributed by atoms with E-state index >= 15 is 0 Å². The van der Waals surface area contributed by atoms with Crippen molar-refractivity contribution in [2.45, 2.75) is 0 Å². The molecule has 1 saturated heterocycles. The highest BCUT2D eigenvalue weighted by Crippen LogP contribution is 2.27. The van der Waals surface area contributed by atoms with Crippen LogP contribution in [0, 0.1) is 5.92 Å². The van der Waals surface area contributed by atoms with Crippen molar-refractivity contribution in [2.75, 3.05) is 29.9 Å². The third kappa shape index (κ3) is 2.65. The number of hydrogen-bond acceptors (Lipinski definition) is 5. The van der Waals surface area contributed by atoms with Crippen molar-refractivity contribution in [1.29, 1.82) is 0 Å². The SMILES string of the molecule is CN(c1ccccc1)c1cc(N2CC(C(=O)O)C2)ncn1. The quantitative estimate of drug-likeness (QED) is 0.922. The number of carbonyl (C=O) groups is 1. The predicted molar refractivity (Wildman–Crippen MR) is 79.9 cm³/mol. The number of aromatic nitrogens is 2. The Labute approximate surface area is 122 Å². The lowest BCUT2D eigenvalue weighted by Gasteiger charge is -2.37. The molecule has 1 aromatic carbocycles. The highest BCUT2D eigenvalue weighted by molar-refractivity contribution is 5.74. The van der Waals surface area contributed by atoms with Gasteiger partial charge in [0.25, 0.3) is 0 Å². The summed E-state index contributed by atoms with van der Waals surface area (Å²) in [5.74, 6) is 0.502. The van der Waals surface area contributed by atoms with Crippen LogP contribution in [-0.4, -0.2) is 41.2 Å². The van der Waals surface area contributed by atoms with E-state index in [1.807, 2.05) is 53.2 Å². The number of hydrogen-bond donors (Lipinski definition) is 1. The first-order chi connectivity index (χ1) is 10.1. The van der Waals surface area contributed by atoms with E-state index < -0.39 is 5.97 Å². The van der Waals surface area contributed by atoms with E-state index in [-0.39, 0.29) is 5.92 Å². The first-order valence-corrected chi connectivity index (χ1v) is 6.74. The van der Waals surface area contributed by atoms with Crippen LogP contribution >= 0.6 is 0 Å². The molecule has 0 atom stereocenters. The largest absolute Gasteiger partial charge is 0.481 e. The first-order valence-electron chi connectivity index (χ1n) is 6.74. The lowest BCUT2D eigenvalue weighted by atomic mass is 10.0. The summed E-state index contributed by atoms with van der Waals surface area (Å²) in [5, 5.41) is 8.92. The second-order valence-electron chi connectivity index (χ2n) is 5.07. The number of rotatable bonds is 4. The zero-order valence-corrected chi connectivity index (χ0v) is 11.7. The van der Waals surface area contributed by atoms with Crippen molar-refractivity contribution in [3.8, 4) is 0 Å². The van der Waals surface area contributed by atoms with E-state index in [0.29, 0.717) is 13.1 Å². The van der Waals surface area contributed by atoms with Crippen molar-refractivity contribution >= 4 is 23.3 Å². The van der Waals surface area contributed by atoms with Crippen LogP contribution in [0.25, 0.3) is 0 Å². The second kappa shape index (κ2) is 5.40. The minimum Gasteiger partial charge on any atom is -0.481 e. The van der Waals surface area contributed by atoms with Gasteiger partial charge in [0.2, 0.25) is 0 Å². The molecule has 6 nitrogen and oxygen atoms in total. The highest BCUT2D eigenvalue weighted by atomic mass is 16.4. The Morgan fingerprint density at radius 2 is 2.00 bits per heavy atom. The summed E-state index contributed by atoms with van der Waals surface area (Å²) in [5.41, 5.74) is 1.04. The Kier molecular flexibility index (Phi) is 3.43. The summed E-state index contributed by atoms with van der Waals surface area (Å²) in [6.45, 7) is 1.00. The smallest absolute Gasteiger partial charge is 0.310 e. The molecule has 21 heavy (non-hydrogen) atoms. The molecule has 1 aliphatic rings. The Bertz CT molecular complexity index is 641. The van der Waals surface area contributed by atoms with Gasteiger partial charge in [-0.1, -0.05) is 18.2 Å². The minimum atomic E-state index is -0.748. The van der Waals surface area contributed by atoms with Gasteiger partial charge in [-0.15, -0.1) is 0 Å². The van der Waals surface area contributed by atoms with E-state index in [1.54, 1.807) is 0 Å². The number of benzene rings is 1. The molecule has 3 rings (SSSR count). The van der Waals surface area contributed by atoms with E-state index in [9.17, 15) is 4.79 Å². The lowest BCUT2D eigenvalue weighted by molar-refractivity contribution is -0.142. The summed E-state index contributed by atoms with van der Waals surface area (Å²) in [7, 11) is 1.94. The fourth-order valence-corrected chi connectivity index (χ4v) is 2.30. The molecular weight excluding hydrogens is 268 g/mol. The highest BCUT2D eigenvalue weighted by Gasteiger charge is 2.33. The molecular formula is C15H16N4O2. The number of anilines is 3. The number of aliphatic carboxylic acids is 1. The molecule has 0 amide bonds. The van der Waals surface area contributed by atoms with Crippen molar-refractivity contribution < 1.29 is 9.90 Å². The Morgan fingerprint density at radius 1 is 1.29 bits per heavy atom. The van der Waals surface area contributed by atoms with Gasteiger partial charge in [-0.2, -0.15) is 0 Å². The molecule has 0 aliphatic carbocycles. The van der Waals surface area contributed by atoms with Crippen LogP contribution in [0.1, 0.15) is 0 Å².